The third-order valence-corrected chi connectivity index (χ3v) is 13.1. The van der Waals surface area contributed by atoms with Crippen molar-refractivity contribution in [3.05, 3.63) is 129 Å². The summed E-state index contributed by atoms with van der Waals surface area (Å²) in [6, 6.07) is 17.8. The van der Waals surface area contributed by atoms with Gasteiger partial charge < -0.3 is 15.0 Å². The lowest BCUT2D eigenvalue weighted by atomic mass is 9.70. The Hall–Kier alpha value is -3.87. The Morgan fingerprint density at radius 1 is 1.02 bits per heavy atom. The number of nitrogens with zero attached hydrogens (tertiary/aromatic N) is 2. The molecule has 0 bridgehead atoms. The van der Waals surface area contributed by atoms with Crippen LogP contribution >= 0.6 is 11.6 Å². The van der Waals surface area contributed by atoms with Crippen LogP contribution in [0.2, 0.25) is 5.02 Å². The summed E-state index contributed by atoms with van der Waals surface area (Å²) in [5.74, 6) is 1.63. The lowest BCUT2D eigenvalue weighted by Gasteiger charge is -2.44. The monoisotopic (exact) mass is 779 g/mol. The van der Waals surface area contributed by atoms with Gasteiger partial charge in [0.1, 0.15) is 17.2 Å². The number of carbonyl (C=O) groups excluding carboxylic acids is 1. The maximum absolute atomic E-state index is 15.5. The number of anilines is 1. The van der Waals surface area contributed by atoms with Crippen LogP contribution in [0.1, 0.15) is 124 Å². The molecule has 2 aliphatic carbocycles. The number of rotatable bonds is 17. The maximum Gasteiger partial charge on any atom is 0.166 e. The number of piperidine rings is 1. The third kappa shape index (κ3) is 9.62. The molecular weight excluding hydrogens is 717 g/mol. The van der Waals surface area contributed by atoms with E-state index in [4.69, 9.17) is 16.3 Å². The fourth-order valence-corrected chi connectivity index (χ4v) is 8.72. The van der Waals surface area contributed by atoms with E-state index >= 15 is 4.39 Å². The number of allylic oxidation sites excluding steroid dienone is 4. The quantitative estimate of drug-likeness (QED) is 0.0840. The molecule has 1 aliphatic heterocycles. The summed E-state index contributed by atoms with van der Waals surface area (Å²) in [5.41, 5.74) is 7.81. The second kappa shape index (κ2) is 19.0. The zero-order chi connectivity index (χ0) is 39.8. The molecule has 5 nitrogen and oxygen atoms in total. The molecule has 1 N–H and O–H groups in total. The summed E-state index contributed by atoms with van der Waals surface area (Å²) < 4.78 is 22.7. The number of para-hydroxylation sites is 1. The van der Waals surface area contributed by atoms with Crippen molar-refractivity contribution < 1.29 is 13.9 Å². The molecule has 0 radical (unpaired) electrons. The van der Waals surface area contributed by atoms with Gasteiger partial charge in [0.05, 0.1) is 0 Å². The summed E-state index contributed by atoms with van der Waals surface area (Å²) in [6.07, 6.45) is 17.9. The van der Waals surface area contributed by atoms with Gasteiger partial charge in [0.25, 0.3) is 0 Å². The van der Waals surface area contributed by atoms with Gasteiger partial charge in [0.2, 0.25) is 0 Å². The predicted octanol–water partition coefficient (Wildman–Crippen LogP) is 12.2. The number of hydrogen-bond donors (Lipinski definition) is 1. The van der Waals surface area contributed by atoms with Crippen molar-refractivity contribution >= 4 is 23.1 Å². The molecule has 7 heteroatoms. The highest BCUT2D eigenvalue weighted by atomic mass is 35.5. The van der Waals surface area contributed by atoms with E-state index in [2.05, 4.69) is 105 Å². The largest absolute Gasteiger partial charge is 0.482 e. The van der Waals surface area contributed by atoms with Gasteiger partial charge in [-0.05, 0) is 146 Å². The second-order valence-corrected chi connectivity index (χ2v) is 17.0. The number of nitrogens with one attached hydrogen (secondary N) is 1. The van der Waals surface area contributed by atoms with Crippen LogP contribution in [0.3, 0.4) is 0 Å². The molecule has 3 fully saturated rings. The minimum Gasteiger partial charge on any atom is -0.482 e. The SMILES string of the molecule is C/C=C(\CN1CCC(c2cccc(C)c2OC(C)(c2ccc(Cl)cc2F)C2CCC2)CC1)N(CCN/C=C\C=C(/C)CC)c1cc(C(=O)C2CCC2)ccc1C. The molecule has 3 aliphatic rings. The van der Waals surface area contributed by atoms with Crippen LogP contribution in [0, 0.1) is 31.5 Å². The molecule has 6 rings (SSSR count). The molecule has 0 spiro atoms. The first kappa shape index (κ1) is 41.8. The molecule has 300 valence electrons. The summed E-state index contributed by atoms with van der Waals surface area (Å²) in [6.45, 7) is 17.1. The van der Waals surface area contributed by atoms with Crippen molar-refractivity contribution in [2.45, 2.75) is 111 Å². The first-order valence-electron chi connectivity index (χ1n) is 21.1. The van der Waals surface area contributed by atoms with Gasteiger partial charge in [-0.1, -0.05) is 85.5 Å². The molecule has 1 saturated heterocycles. The Bertz CT molecular complexity index is 1920. The molecule has 0 amide bonds. The van der Waals surface area contributed by atoms with Crippen LogP contribution in [0.5, 0.6) is 5.75 Å². The van der Waals surface area contributed by atoms with Crippen molar-refractivity contribution in [2.24, 2.45) is 11.8 Å². The number of halogens is 2. The van der Waals surface area contributed by atoms with E-state index in [1.807, 2.05) is 18.3 Å². The molecule has 3 aromatic rings. The zero-order valence-electron chi connectivity index (χ0n) is 34.6. The van der Waals surface area contributed by atoms with Crippen molar-refractivity contribution in [3.8, 4) is 5.75 Å². The average molecular weight is 781 g/mol. The van der Waals surface area contributed by atoms with E-state index in [9.17, 15) is 4.79 Å². The van der Waals surface area contributed by atoms with Crippen LogP contribution < -0.4 is 15.0 Å². The number of aryl methyl sites for hydroxylation is 2. The third-order valence-electron chi connectivity index (χ3n) is 12.9. The number of ether oxygens (including phenoxy) is 1. The standard InChI is InChI=1S/C49H63ClFN3O2/c1-7-34(3)13-12-26-52-27-30-54(46-31-39(21-20-35(46)4)47(55)38-15-10-16-38)42(8-2)33-53-28-24-37(25-29-53)43-19-9-14-36(5)48(43)56-49(6,40-17-11-18-40)44-23-22-41(50)32-45(44)51/h8-9,12-14,19-23,26,31-32,37-38,40,52H,7,10-11,15-18,24-25,27-30,33H2,1-6H3/b26-12-,34-13+,42-8+. The van der Waals surface area contributed by atoms with Crippen LogP contribution in [0.15, 0.2) is 90.3 Å². The normalized spacial score (nSPS) is 18.7. The van der Waals surface area contributed by atoms with Gasteiger partial charge in [0.15, 0.2) is 5.78 Å². The fourth-order valence-electron chi connectivity index (χ4n) is 8.56. The van der Waals surface area contributed by atoms with Crippen LogP contribution in [-0.4, -0.2) is 43.4 Å². The van der Waals surface area contributed by atoms with E-state index in [1.165, 1.54) is 28.5 Å². The molecule has 0 aromatic heterocycles. The molecule has 3 aromatic carbocycles. The Balaban J connectivity index is 1.18. The van der Waals surface area contributed by atoms with E-state index in [0.29, 0.717) is 16.5 Å². The highest BCUT2D eigenvalue weighted by molar-refractivity contribution is 6.30. The number of ketones is 1. The Morgan fingerprint density at radius 3 is 2.41 bits per heavy atom. The van der Waals surface area contributed by atoms with Gasteiger partial charge in [0, 0.05) is 59.0 Å². The van der Waals surface area contributed by atoms with E-state index in [0.717, 1.165) is 113 Å². The first-order chi connectivity index (χ1) is 27.0. The molecular formula is C49H63ClFN3O2. The Morgan fingerprint density at radius 2 is 1.77 bits per heavy atom. The zero-order valence-corrected chi connectivity index (χ0v) is 35.4. The molecule has 2 saturated carbocycles. The predicted molar refractivity (Wildman–Crippen MR) is 231 cm³/mol. The Labute approximate surface area is 341 Å². The second-order valence-electron chi connectivity index (χ2n) is 16.6. The van der Waals surface area contributed by atoms with Crippen molar-refractivity contribution in [1.82, 2.24) is 10.2 Å². The van der Waals surface area contributed by atoms with E-state index in [1.54, 1.807) is 6.07 Å². The smallest absolute Gasteiger partial charge is 0.166 e. The topological polar surface area (TPSA) is 44.8 Å². The minimum absolute atomic E-state index is 0.165. The molecule has 1 atom stereocenters. The lowest BCUT2D eigenvalue weighted by molar-refractivity contribution is -0.0203. The minimum atomic E-state index is -0.785. The highest BCUT2D eigenvalue weighted by Crippen LogP contribution is 2.48. The lowest BCUT2D eigenvalue weighted by Crippen LogP contribution is -2.43. The van der Waals surface area contributed by atoms with Gasteiger partial charge in [-0.2, -0.15) is 0 Å². The summed E-state index contributed by atoms with van der Waals surface area (Å²) in [7, 11) is 0. The first-order valence-corrected chi connectivity index (χ1v) is 21.5. The van der Waals surface area contributed by atoms with Crippen molar-refractivity contribution in [2.75, 3.05) is 37.6 Å². The van der Waals surface area contributed by atoms with Gasteiger partial charge in [-0.3, -0.25) is 9.69 Å². The maximum atomic E-state index is 15.5. The van der Waals surface area contributed by atoms with Crippen LogP contribution in [0.4, 0.5) is 10.1 Å². The van der Waals surface area contributed by atoms with E-state index in [-0.39, 0.29) is 23.4 Å². The summed E-state index contributed by atoms with van der Waals surface area (Å²) in [4.78, 5) is 18.4. The van der Waals surface area contributed by atoms with Gasteiger partial charge >= 0.3 is 0 Å². The van der Waals surface area contributed by atoms with Gasteiger partial charge in [-0.15, -0.1) is 0 Å². The van der Waals surface area contributed by atoms with Crippen LogP contribution in [0.25, 0.3) is 0 Å². The van der Waals surface area contributed by atoms with Gasteiger partial charge in [-0.25, -0.2) is 4.39 Å². The number of likely N-dealkylation sites (tertiary alicyclic amines) is 1. The number of hydrogen-bond acceptors (Lipinski definition) is 5. The highest BCUT2D eigenvalue weighted by Gasteiger charge is 2.44. The fraction of sp³-hybridized carbons (Fsp3) is 0.490. The van der Waals surface area contributed by atoms with E-state index < -0.39 is 5.60 Å². The van der Waals surface area contributed by atoms with Crippen molar-refractivity contribution in [1.29, 1.82) is 0 Å². The van der Waals surface area contributed by atoms with Crippen LogP contribution in [-0.2, 0) is 5.60 Å². The molecule has 56 heavy (non-hydrogen) atoms. The number of benzene rings is 3. The summed E-state index contributed by atoms with van der Waals surface area (Å²) in [5, 5.41) is 3.91. The number of Topliss-reactive ketones (excluding diaryl/α,β-unsaturated/α-hetero) is 1. The summed E-state index contributed by atoms with van der Waals surface area (Å²) >= 11 is 6.19. The molecule has 1 unspecified atom stereocenters. The average Bonchev–Trinajstić information content (AvgIpc) is 3.13. The van der Waals surface area contributed by atoms with Crippen molar-refractivity contribution in [3.63, 3.8) is 0 Å². The number of carbonyl (C=O) groups is 1. The molecule has 1 heterocycles. The Kier molecular flexibility index (Phi) is 14.2.